The molecule has 0 N–H and O–H groups in total. The highest BCUT2D eigenvalue weighted by atomic mass is 32.2. The number of thioether (sulfide) groups is 1. The first-order chi connectivity index (χ1) is 3.66. The Bertz CT molecular complexity index is 50.3. The molecule has 1 unspecified atom stereocenters. The Morgan fingerprint density at radius 2 is 2.00 bits per heavy atom. The van der Waals surface area contributed by atoms with Crippen molar-refractivity contribution in [2.45, 2.75) is 39.4 Å². The minimum atomic E-state index is 0.806. The standard InChI is InChI=1S/C7H15S/c1-5-7(4)8-6(2)3/h7H,5H2,1-4H3. The average molecular weight is 131 g/mol. The second-order valence-corrected chi connectivity index (χ2v) is 4.10. The molecule has 0 amide bonds. The molecule has 0 bridgehead atoms. The molecule has 0 aliphatic carbocycles. The molecule has 0 rings (SSSR count). The fourth-order valence-electron chi connectivity index (χ4n) is 0.486. The summed E-state index contributed by atoms with van der Waals surface area (Å²) in [6.07, 6.45) is 1.27. The van der Waals surface area contributed by atoms with Crippen molar-refractivity contribution in [1.29, 1.82) is 0 Å². The molecule has 1 atom stereocenters. The number of hydrogen-bond acceptors (Lipinski definition) is 1. The van der Waals surface area contributed by atoms with Gasteiger partial charge in [0.15, 0.2) is 0 Å². The molecule has 0 saturated heterocycles. The van der Waals surface area contributed by atoms with Crippen LogP contribution in [0.5, 0.6) is 0 Å². The first-order valence-corrected chi connectivity index (χ1v) is 4.01. The first-order valence-electron chi connectivity index (χ1n) is 3.13. The summed E-state index contributed by atoms with van der Waals surface area (Å²) in [5.41, 5.74) is 0. The quantitative estimate of drug-likeness (QED) is 0.567. The van der Waals surface area contributed by atoms with Gasteiger partial charge in [0.25, 0.3) is 0 Å². The van der Waals surface area contributed by atoms with Crippen molar-refractivity contribution >= 4 is 11.8 Å². The van der Waals surface area contributed by atoms with Gasteiger partial charge in [-0.1, -0.05) is 13.8 Å². The molecule has 0 aliphatic heterocycles. The zero-order valence-corrected chi connectivity index (χ0v) is 7.01. The molecule has 0 aliphatic rings. The van der Waals surface area contributed by atoms with E-state index < -0.39 is 0 Å². The van der Waals surface area contributed by atoms with E-state index in [1.54, 1.807) is 0 Å². The Kier molecular flexibility index (Phi) is 4.44. The Hall–Kier alpha value is 0.350. The Morgan fingerprint density at radius 3 is 2.12 bits per heavy atom. The third-order valence-corrected chi connectivity index (χ3v) is 2.22. The molecule has 1 heteroatoms. The lowest BCUT2D eigenvalue weighted by atomic mass is 10.4. The van der Waals surface area contributed by atoms with Crippen LogP contribution in [0.2, 0.25) is 0 Å². The molecule has 0 saturated carbocycles. The van der Waals surface area contributed by atoms with Crippen molar-refractivity contribution in [1.82, 2.24) is 0 Å². The summed E-state index contributed by atoms with van der Waals surface area (Å²) >= 11 is 1.97. The zero-order valence-electron chi connectivity index (χ0n) is 6.19. The van der Waals surface area contributed by atoms with Crippen LogP contribution in [-0.2, 0) is 0 Å². The van der Waals surface area contributed by atoms with E-state index >= 15 is 0 Å². The molecule has 49 valence electrons. The van der Waals surface area contributed by atoms with Crippen LogP contribution in [0.3, 0.4) is 0 Å². The molecule has 0 aromatic rings. The monoisotopic (exact) mass is 131 g/mol. The van der Waals surface area contributed by atoms with Crippen LogP contribution in [0.15, 0.2) is 0 Å². The highest BCUT2D eigenvalue weighted by molar-refractivity contribution is 8.02. The van der Waals surface area contributed by atoms with Crippen LogP contribution < -0.4 is 0 Å². The van der Waals surface area contributed by atoms with Crippen LogP contribution in [0.4, 0.5) is 0 Å². The second kappa shape index (κ2) is 4.25. The van der Waals surface area contributed by atoms with Crippen molar-refractivity contribution in [3.63, 3.8) is 0 Å². The number of rotatable bonds is 3. The summed E-state index contributed by atoms with van der Waals surface area (Å²) in [4.78, 5) is 0. The third kappa shape index (κ3) is 4.51. The van der Waals surface area contributed by atoms with Gasteiger partial charge in [-0.05, 0) is 20.3 Å². The van der Waals surface area contributed by atoms with Crippen LogP contribution in [-0.4, -0.2) is 5.25 Å². The van der Waals surface area contributed by atoms with Crippen LogP contribution in [0, 0.1) is 5.25 Å². The lowest BCUT2D eigenvalue weighted by Crippen LogP contribution is -1.93. The normalized spacial score (nSPS) is 14.6. The maximum Gasteiger partial charge on any atom is 0.0247 e. The van der Waals surface area contributed by atoms with E-state index in [0.29, 0.717) is 0 Å². The predicted octanol–water partition coefficient (Wildman–Crippen LogP) is 3.09. The SMILES string of the molecule is CCC(C)S[C](C)C. The van der Waals surface area contributed by atoms with Gasteiger partial charge in [-0.25, -0.2) is 0 Å². The highest BCUT2D eigenvalue weighted by Gasteiger charge is 2.00. The van der Waals surface area contributed by atoms with Gasteiger partial charge >= 0.3 is 0 Å². The molecule has 0 fully saturated rings. The fourth-order valence-corrected chi connectivity index (χ4v) is 1.46. The minimum absolute atomic E-state index is 0.806. The van der Waals surface area contributed by atoms with E-state index in [4.69, 9.17) is 0 Å². The van der Waals surface area contributed by atoms with Crippen molar-refractivity contribution in [2.24, 2.45) is 0 Å². The third-order valence-electron chi connectivity index (χ3n) is 1.01. The summed E-state index contributed by atoms with van der Waals surface area (Å²) in [6.45, 7) is 8.81. The van der Waals surface area contributed by atoms with E-state index in [0.717, 1.165) is 5.25 Å². The molecule has 0 aromatic carbocycles. The van der Waals surface area contributed by atoms with Crippen LogP contribution >= 0.6 is 11.8 Å². The Balaban J connectivity index is 3.10. The van der Waals surface area contributed by atoms with E-state index in [1.165, 1.54) is 11.7 Å². The summed E-state index contributed by atoms with van der Waals surface area (Å²) in [5, 5.41) is 2.28. The molecular weight excluding hydrogens is 116 g/mol. The maximum absolute atomic E-state index is 2.26. The van der Waals surface area contributed by atoms with E-state index in [-0.39, 0.29) is 0 Å². The van der Waals surface area contributed by atoms with Crippen molar-refractivity contribution in [2.75, 3.05) is 0 Å². The van der Waals surface area contributed by atoms with Gasteiger partial charge in [0.05, 0.1) is 0 Å². The molecular formula is C7H15S. The topological polar surface area (TPSA) is 0 Å². The molecule has 8 heavy (non-hydrogen) atoms. The fraction of sp³-hybridized carbons (Fsp3) is 0.857. The predicted molar refractivity (Wildman–Crippen MR) is 41.9 cm³/mol. The van der Waals surface area contributed by atoms with E-state index in [1.807, 2.05) is 11.8 Å². The van der Waals surface area contributed by atoms with Crippen molar-refractivity contribution < 1.29 is 0 Å². The van der Waals surface area contributed by atoms with Gasteiger partial charge in [-0.3, -0.25) is 0 Å². The molecule has 0 aromatic heterocycles. The van der Waals surface area contributed by atoms with E-state index in [2.05, 4.69) is 27.7 Å². The van der Waals surface area contributed by atoms with E-state index in [9.17, 15) is 0 Å². The van der Waals surface area contributed by atoms with Crippen molar-refractivity contribution in [3.8, 4) is 0 Å². The van der Waals surface area contributed by atoms with Crippen LogP contribution in [0.25, 0.3) is 0 Å². The Labute approximate surface area is 57.1 Å². The smallest absolute Gasteiger partial charge is 0.0247 e. The second-order valence-electron chi connectivity index (χ2n) is 2.24. The van der Waals surface area contributed by atoms with Gasteiger partial charge in [-0.2, -0.15) is 11.8 Å². The molecule has 0 spiro atoms. The maximum atomic E-state index is 2.26. The number of hydrogen-bond donors (Lipinski definition) is 0. The summed E-state index contributed by atoms with van der Waals surface area (Å²) in [6, 6.07) is 0. The lowest BCUT2D eigenvalue weighted by molar-refractivity contribution is 0.905. The van der Waals surface area contributed by atoms with Gasteiger partial charge in [0.2, 0.25) is 0 Å². The van der Waals surface area contributed by atoms with Gasteiger partial charge in [0.1, 0.15) is 0 Å². The van der Waals surface area contributed by atoms with Gasteiger partial charge in [-0.15, -0.1) is 0 Å². The van der Waals surface area contributed by atoms with Gasteiger partial charge in [0, 0.05) is 10.5 Å². The van der Waals surface area contributed by atoms with Crippen molar-refractivity contribution in [3.05, 3.63) is 5.25 Å². The minimum Gasteiger partial charge on any atom is -0.151 e. The highest BCUT2D eigenvalue weighted by Crippen LogP contribution is 2.24. The average Bonchev–Trinajstić information content (AvgIpc) is 1.65. The molecule has 0 nitrogen and oxygen atoms in total. The summed E-state index contributed by atoms with van der Waals surface area (Å²) in [7, 11) is 0. The summed E-state index contributed by atoms with van der Waals surface area (Å²) in [5.74, 6) is 0. The first kappa shape index (κ1) is 8.35. The lowest BCUT2D eigenvalue weighted by Gasteiger charge is -2.09. The molecule has 1 radical (unpaired) electrons. The molecule has 0 heterocycles. The zero-order chi connectivity index (χ0) is 6.57. The van der Waals surface area contributed by atoms with Crippen LogP contribution in [0.1, 0.15) is 34.1 Å². The Morgan fingerprint density at radius 1 is 1.50 bits per heavy atom. The summed E-state index contributed by atoms with van der Waals surface area (Å²) < 4.78 is 0. The van der Waals surface area contributed by atoms with Gasteiger partial charge < -0.3 is 0 Å². The largest absolute Gasteiger partial charge is 0.151 e.